The molecule has 3 rings (SSSR count). The molecule has 1 N–H and O–H groups in total. The number of aromatic nitrogens is 2. The van der Waals surface area contributed by atoms with Gasteiger partial charge in [-0.2, -0.15) is 0 Å². The van der Waals surface area contributed by atoms with Gasteiger partial charge in [-0.15, -0.1) is 10.2 Å². The molecule has 128 valence electrons. The van der Waals surface area contributed by atoms with E-state index >= 15 is 0 Å². The molecule has 0 saturated carbocycles. The number of carbonyl (C=O) groups is 1. The lowest BCUT2D eigenvalue weighted by Gasteiger charge is -2.13. The van der Waals surface area contributed by atoms with Crippen LogP contribution in [0.25, 0.3) is 11.5 Å². The molecule has 0 aliphatic heterocycles. The van der Waals surface area contributed by atoms with E-state index in [1.807, 2.05) is 13.0 Å². The summed E-state index contributed by atoms with van der Waals surface area (Å²) < 4.78 is 15.7. The zero-order chi connectivity index (χ0) is 17.8. The first kappa shape index (κ1) is 16.5. The molecule has 7 nitrogen and oxygen atoms in total. The molecule has 3 aromatic rings. The van der Waals surface area contributed by atoms with Gasteiger partial charge in [-0.3, -0.25) is 4.79 Å². The van der Waals surface area contributed by atoms with Gasteiger partial charge in [0, 0.05) is 16.8 Å². The Kier molecular flexibility index (Phi) is 4.65. The largest absolute Gasteiger partial charge is 0.493 e. The Bertz CT molecular complexity index is 891. The summed E-state index contributed by atoms with van der Waals surface area (Å²) in [5, 5.41) is 10.4. The molecule has 0 aliphatic carbocycles. The van der Waals surface area contributed by atoms with Crippen molar-refractivity contribution >= 4 is 11.6 Å². The van der Waals surface area contributed by atoms with Gasteiger partial charge in [-0.25, -0.2) is 0 Å². The number of anilines is 1. The van der Waals surface area contributed by atoms with E-state index in [2.05, 4.69) is 15.5 Å². The van der Waals surface area contributed by atoms with Crippen LogP contribution in [-0.2, 0) is 0 Å². The summed E-state index contributed by atoms with van der Waals surface area (Å²) in [4.78, 5) is 12.6. The molecule has 1 heterocycles. The van der Waals surface area contributed by atoms with Crippen molar-refractivity contribution in [2.45, 2.75) is 6.92 Å². The first-order chi connectivity index (χ1) is 12.1. The minimum absolute atomic E-state index is 0.249. The standard InChI is InChI=1S/C18H17N3O4/c1-11-7-15(23-2)16(24-3)9-14(11)17(22)20-13-6-4-5-12(8-13)18-21-19-10-25-18/h4-10H,1-3H3,(H,20,22). The predicted molar refractivity (Wildman–Crippen MR) is 92.0 cm³/mol. The van der Waals surface area contributed by atoms with Crippen molar-refractivity contribution in [3.8, 4) is 23.0 Å². The molecule has 25 heavy (non-hydrogen) atoms. The molecule has 0 radical (unpaired) electrons. The first-order valence-corrected chi connectivity index (χ1v) is 7.53. The molecular weight excluding hydrogens is 322 g/mol. The smallest absolute Gasteiger partial charge is 0.256 e. The van der Waals surface area contributed by atoms with E-state index < -0.39 is 0 Å². The van der Waals surface area contributed by atoms with Crippen LogP contribution >= 0.6 is 0 Å². The summed E-state index contributed by atoms with van der Waals surface area (Å²) in [7, 11) is 3.09. The van der Waals surface area contributed by atoms with Crippen LogP contribution in [0.1, 0.15) is 15.9 Å². The van der Waals surface area contributed by atoms with Gasteiger partial charge in [0.05, 0.1) is 14.2 Å². The molecule has 0 atom stereocenters. The predicted octanol–water partition coefficient (Wildman–Crippen LogP) is 3.31. The molecule has 1 amide bonds. The molecule has 0 aliphatic rings. The van der Waals surface area contributed by atoms with E-state index in [0.29, 0.717) is 28.6 Å². The van der Waals surface area contributed by atoms with Crippen LogP contribution in [0.4, 0.5) is 5.69 Å². The number of nitrogens with one attached hydrogen (secondary N) is 1. The Morgan fingerprint density at radius 2 is 1.88 bits per heavy atom. The molecule has 0 unspecified atom stereocenters. The minimum atomic E-state index is -0.249. The minimum Gasteiger partial charge on any atom is -0.493 e. The molecular formula is C18H17N3O4. The SMILES string of the molecule is COc1cc(C)c(C(=O)Nc2cccc(-c3nnco3)c2)cc1OC. The van der Waals surface area contributed by atoms with Crippen LogP contribution in [0.3, 0.4) is 0 Å². The van der Waals surface area contributed by atoms with E-state index in [0.717, 1.165) is 11.1 Å². The highest BCUT2D eigenvalue weighted by Gasteiger charge is 2.15. The second kappa shape index (κ2) is 7.04. The van der Waals surface area contributed by atoms with E-state index in [1.165, 1.54) is 13.5 Å². The fraction of sp³-hybridized carbons (Fsp3) is 0.167. The highest BCUT2D eigenvalue weighted by Crippen LogP contribution is 2.30. The van der Waals surface area contributed by atoms with Crippen LogP contribution in [0.2, 0.25) is 0 Å². The summed E-state index contributed by atoms with van der Waals surface area (Å²) in [6.07, 6.45) is 1.26. The summed E-state index contributed by atoms with van der Waals surface area (Å²) in [5.74, 6) is 1.22. The monoisotopic (exact) mass is 339 g/mol. The highest BCUT2D eigenvalue weighted by atomic mass is 16.5. The van der Waals surface area contributed by atoms with Gasteiger partial charge >= 0.3 is 0 Å². The van der Waals surface area contributed by atoms with Crippen LogP contribution in [0.5, 0.6) is 11.5 Å². The second-order valence-corrected chi connectivity index (χ2v) is 5.30. The lowest BCUT2D eigenvalue weighted by molar-refractivity contribution is 0.102. The van der Waals surface area contributed by atoms with Gasteiger partial charge in [0.1, 0.15) is 0 Å². The van der Waals surface area contributed by atoms with E-state index in [9.17, 15) is 4.79 Å². The van der Waals surface area contributed by atoms with Crippen molar-refractivity contribution in [2.75, 3.05) is 19.5 Å². The van der Waals surface area contributed by atoms with Gasteiger partial charge in [-0.1, -0.05) is 6.07 Å². The number of amides is 1. The quantitative estimate of drug-likeness (QED) is 0.767. The normalized spacial score (nSPS) is 10.4. The van der Waals surface area contributed by atoms with Gasteiger partial charge in [0.2, 0.25) is 12.3 Å². The van der Waals surface area contributed by atoms with Crippen molar-refractivity contribution < 1.29 is 18.7 Å². The van der Waals surface area contributed by atoms with Crippen molar-refractivity contribution in [1.29, 1.82) is 0 Å². The summed E-state index contributed by atoms with van der Waals surface area (Å²) >= 11 is 0. The zero-order valence-corrected chi connectivity index (χ0v) is 14.1. The topological polar surface area (TPSA) is 86.5 Å². The second-order valence-electron chi connectivity index (χ2n) is 5.30. The van der Waals surface area contributed by atoms with Crippen LogP contribution in [0.15, 0.2) is 47.2 Å². The fourth-order valence-corrected chi connectivity index (χ4v) is 2.45. The average molecular weight is 339 g/mol. The van der Waals surface area contributed by atoms with Crippen LogP contribution in [-0.4, -0.2) is 30.3 Å². The molecule has 0 fully saturated rings. The Hall–Kier alpha value is -3.35. The van der Waals surface area contributed by atoms with Crippen molar-refractivity contribution in [1.82, 2.24) is 10.2 Å². The Morgan fingerprint density at radius 1 is 1.12 bits per heavy atom. The van der Waals surface area contributed by atoms with E-state index in [4.69, 9.17) is 13.9 Å². The fourth-order valence-electron chi connectivity index (χ4n) is 2.45. The zero-order valence-electron chi connectivity index (χ0n) is 14.1. The number of rotatable bonds is 5. The van der Waals surface area contributed by atoms with Gasteiger partial charge in [0.15, 0.2) is 11.5 Å². The Morgan fingerprint density at radius 3 is 2.56 bits per heavy atom. The lowest BCUT2D eigenvalue weighted by Crippen LogP contribution is -2.14. The molecule has 0 saturated heterocycles. The maximum Gasteiger partial charge on any atom is 0.256 e. The number of benzene rings is 2. The summed E-state index contributed by atoms with van der Waals surface area (Å²) in [6.45, 7) is 1.84. The third-order valence-corrected chi connectivity index (χ3v) is 3.70. The van der Waals surface area contributed by atoms with Crippen LogP contribution in [0, 0.1) is 6.92 Å². The number of hydrogen-bond donors (Lipinski definition) is 1. The maximum absolute atomic E-state index is 12.6. The maximum atomic E-state index is 12.6. The first-order valence-electron chi connectivity index (χ1n) is 7.53. The summed E-state index contributed by atoms with van der Waals surface area (Å²) in [6, 6.07) is 10.6. The van der Waals surface area contributed by atoms with Gasteiger partial charge in [0.25, 0.3) is 5.91 Å². The third-order valence-electron chi connectivity index (χ3n) is 3.70. The Balaban J connectivity index is 1.87. The number of methoxy groups -OCH3 is 2. The van der Waals surface area contributed by atoms with Crippen molar-refractivity contribution in [3.05, 3.63) is 53.9 Å². The van der Waals surface area contributed by atoms with Gasteiger partial charge in [-0.05, 0) is 42.8 Å². The Labute approximate surface area is 144 Å². The summed E-state index contributed by atoms with van der Waals surface area (Å²) in [5.41, 5.74) is 2.62. The number of hydrogen-bond acceptors (Lipinski definition) is 6. The van der Waals surface area contributed by atoms with Gasteiger partial charge < -0.3 is 19.2 Å². The lowest BCUT2D eigenvalue weighted by atomic mass is 10.1. The number of carbonyl (C=O) groups excluding carboxylic acids is 1. The third kappa shape index (κ3) is 3.45. The molecule has 1 aromatic heterocycles. The van der Waals surface area contributed by atoms with E-state index in [-0.39, 0.29) is 5.91 Å². The molecule has 2 aromatic carbocycles. The highest BCUT2D eigenvalue weighted by molar-refractivity contribution is 6.06. The van der Waals surface area contributed by atoms with E-state index in [1.54, 1.807) is 37.4 Å². The van der Waals surface area contributed by atoms with Crippen LogP contribution < -0.4 is 14.8 Å². The average Bonchev–Trinajstić information content (AvgIpc) is 3.16. The molecule has 0 spiro atoms. The van der Waals surface area contributed by atoms with Crippen molar-refractivity contribution in [3.63, 3.8) is 0 Å². The number of aryl methyl sites for hydroxylation is 1. The van der Waals surface area contributed by atoms with Crippen molar-refractivity contribution in [2.24, 2.45) is 0 Å². The number of nitrogens with zero attached hydrogens (tertiary/aromatic N) is 2. The molecule has 7 heteroatoms. The molecule has 0 bridgehead atoms. The number of ether oxygens (including phenoxy) is 2.